The largest absolute Gasteiger partial charge is 0.507 e. The Kier molecular flexibility index (Phi) is 5.23. The number of methoxy groups -OCH3 is 1. The first-order chi connectivity index (χ1) is 10.1. The lowest BCUT2D eigenvalue weighted by molar-refractivity contribution is 0.202. The molecule has 0 aliphatic heterocycles. The average molecular weight is 285 g/mol. The maximum absolute atomic E-state index is 9.82. The first-order valence-electron chi connectivity index (χ1n) is 7.21. The van der Waals surface area contributed by atoms with E-state index in [4.69, 9.17) is 4.74 Å². The maximum atomic E-state index is 9.82. The number of hydrogen-bond donors (Lipinski definition) is 2. The van der Waals surface area contributed by atoms with Gasteiger partial charge >= 0.3 is 0 Å². The number of aromatic hydroxyl groups is 1. The van der Waals surface area contributed by atoms with Gasteiger partial charge in [-0.25, -0.2) is 0 Å². The number of benzene rings is 2. The fourth-order valence-electron chi connectivity index (χ4n) is 2.47. The van der Waals surface area contributed by atoms with Gasteiger partial charge in [-0.1, -0.05) is 30.3 Å². The van der Waals surface area contributed by atoms with Gasteiger partial charge in [0.2, 0.25) is 0 Å². The van der Waals surface area contributed by atoms with Crippen LogP contribution in [0.1, 0.15) is 22.3 Å². The molecule has 2 aromatic rings. The third-order valence-corrected chi connectivity index (χ3v) is 3.63. The zero-order chi connectivity index (χ0) is 15.2. The number of hydrogen-bond acceptors (Lipinski definition) is 3. The monoisotopic (exact) mass is 285 g/mol. The molecule has 2 aromatic carbocycles. The average Bonchev–Trinajstić information content (AvgIpc) is 2.49. The standard InChI is InChI=1S/C18H23NO2/c1-13-10-15(11-14(2)18(13)20)12-19-17-7-5-4-6-16(17)8-9-21-3/h4-7,10-11,19-20H,8-9,12H2,1-3H3. The van der Waals surface area contributed by atoms with Crippen LogP contribution in [0.2, 0.25) is 0 Å². The molecule has 0 saturated heterocycles. The summed E-state index contributed by atoms with van der Waals surface area (Å²) in [6, 6.07) is 12.3. The van der Waals surface area contributed by atoms with E-state index in [1.54, 1.807) is 7.11 Å². The van der Waals surface area contributed by atoms with Gasteiger partial charge in [-0.2, -0.15) is 0 Å². The van der Waals surface area contributed by atoms with Crippen LogP contribution in [0.15, 0.2) is 36.4 Å². The number of para-hydroxylation sites is 1. The number of anilines is 1. The quantitative estimate of drug-likeness (QED) is 0.848. The van der Waals surface area contributed by atoms with Crippen LogP contribution >= 0.6 is 0 Å². The Morgan fingerprint density at radius 3 is 2.43 bits per heavy atom. The Morgan fingerprint density at radius 1 is 1.10 bits per heavy atom. The van der Waals surface area contributed by atoms with E-state index in [0.29, 0.717) is 5.75 Å². The Morgan fingerprint density at radius 2 is 1.76 bits per heavy atom. The minimum Gasteiger partial charge on any atom is -0.507 e. The number of aryl methyl sites for hydroxylation is 2. The summed E-state index contributed by atoms with van der Waals surface area (Å²) in [5.74, 6) is 0.388. The van der Waals surface area contributed by atoms with Crippen molar-refractivity contribution in [2.24, 2.45) is 0 Å². The number of nitrogens with one attached hydrogen (secondary N) is 1. The molecule has 3 heteroatoms. The van der Waals surface area contributed by atoms with Crippen molar-refractivity contribution >= 4 is 5.69 Å². The van der Waals surface area contributed by atoms with Crippen LogP contribution in [0.25, 0.3) is 0 Å². The first kappa shape index (κ1) is 15.4. The molecule has 0 heterocycles. The Hall–Kier alpha value is -2.00. The molecule has 0 aliphatic rings. The zero-order valence-electron chi connectivity index (χ0n) is 12.9. The number of ether oxygens (including phenoxy) is 1. The van der Waals surface area contributed by atoms with Crippen LogP contribution in [0.4, 0.5) is 5.69 Å². The second-order valence-corrected chi connectivity index (χ2v) is 5.33. The molecular weight excluding hydrogens is 262 g/mol. The van der Waals surface area contributed by atoms with Gasteiger partial charge in [0.15, 0.2) is 0 Å². The molecule has 0 bridgehead atoms. The maximum Gasteiger partial charge on any atom is 0.121 e. The highest BCUT2D eigenvalue weighted by molar-refractivity contribution is 5.52. The third kappa shape index (κ3) is 3.99. The van der Waals surface area contributed by atoms with Crippen LogP contribution in [0.5, 0.6) is 5.75 Å². The zero-order valence-corrected chi connectivity index (χ0v) is 12.9. The highest BCUT2D eigenvalue weighted by Crippen LogP contribution is 2.24. The predicted octanol–water partition coefficient (Wildman–Crippen LogP) is 3.81. The molecule has 112 valence electrons. The summed E-state index contributed by atoms with van der Waals surface area (Å²) in [5.41, 5.74) is 5.40. The predicted molar refractivity (Wildman–Crippen MR) is 86.9 cm³/mol. The lowest BCUT2D eigenvalue weighted by atomic mass is 10.1. The summed E-state index contributed by atoms with van der Waals surface area (Å²) < 4.78 is 5.15. The fourth-order valence-corrected chi connectivity index (χ4v) is 2.47. The molecular formula is C18H23NO2. The molecule has 2 N–H and O–H groups in total. The van der Waals surface area contributed by atoms with Gasteiger partial charge in [0.05, 0.1) is 6.61 Å². The second-order valence-electron chi connectivity index (χ2n) is 5.33. The molecule has 0 amide bonds. The lowest BCUT2D eigenvalue weighted by Crippen LogP contribution is -2.04. The van der Waals surface area contributed by atoms with Crippen molar-refractivity contribution in [3.05, 3.63) is 58.7 Å². The van der Waals surface area contributed by atoms with E-state index >= 15 is 0 Å². The second kappa shape index (κ2) is 7.14. The molecule has 3 nitrogen and oxygen atoms in total. The van der Waals surface area contributed by atoms with Crippen molar-refractivity contribution in [1.29, 1.82) is 0 Å². The molecule has 0 aliphatic carbocycles. The van der Waals surface area contributed by atoms with Crippen LogP contribution < -0.4 is 5.32 Å². The molecule has 0 spiro atoms. The van der Waals surface area contributed by atoms with E-state index in [2.05, 4.69) is 17.4 Å². The van der Waals surface area contributed by atoms with Crippen molar-refractivity contribution in [2.45, 2.75) is 26.8 Å². The molecule has 0 fully saturated rings. The molecule has 0 unspecified atom stereocenters. The molecule has 0 atom stereocenters. The molecule has 0 aromatic heterocycles. The first-order valence-corrected chi connectivity index (χ1v) is 7.21. The number of phenolic OH excluding ortho intramolecular Hbond substituents is 1. The van der Waals surface area contributed by atoms with Crippen LogP contribution in [0, 0.1) is 13.8 Å². The van der Waals surface area contributed by atoms with Crippen LogP contribution in [-0.4, -0.2) is 18.8 Å². The van der Waals surface area contributed by atoms with E-state index in [1.165, 1.54) is 11.1 Å². The van der Waals surface area contributed by atoms with Gasteiger partial charge in [-0.05, 0) is 48.6 Å². The summed E-state index contributed by atoms with van der Waals surface area (Å²) in [4.78, 5) is 0. The van der Waals surface area contributed by atoms with E-state index in [1.807, 2.05) is 38.1 Å². The van der Waals surface area contributed by atoms with Crippen molar-refractivity contribution in [2.75, 3.05) is 19.0 Å². The summed E-state index contributed by atoms with van der Waals surface area (Å²) in [6.45, 7) is 5.32. The normalized spacial score (nSPS) is 10.6. The van der Waals surface area contributed by atoms with Crippen molar-refractivity contribution < 1.29 is 9.84 Å². The topological polar surface area (TPSA) is 41.5 Å². The number of rotatable bonds is 6. The SMILES string of the molecule is COCCc1ccccc1NCc1cc(C)c(O)c(C)c1. The van der Waals surface area contributed by atoms with E-state index in [-0.39, 0.29) is 0 Å². The highest BCUT2D eigenvalue weighted by atomic mass is 16.5. The minimum absolute atomic E-state index is 0.388. The fraction of sp³-hybridized carbons (Fsp3) is 0.333. The third-order valence-electron chi connectivity index (χ3n) is 3.63. The van der Waals surface area contributed by atoms with Gasteiger partial charge in [-0.3, -0.25) is 0 Å². The summed E-state index contributed by atoms with van der Waals surface area (Å²) >= 11 is 0. The van der Waals surface area contributed by atoms with Gasteiger partial charge in [0.25, 0.3) is 0 Å². The Labute approximate surface area is 126 Å². The van der Waals surface area contributed by atoms with Gasteiger partial charge in [0.1, 0.15) is 5.75 Å². The van der Waals surface area contributed by atoms with Gasteiger partial charge in [0, 0.05) is 19.3 Å². The Bertz CT molecular complexity index is 585. The molecule has 2 rings (SSSR count). The lowest BCUT2D eigenvalue weighted by Gasteiger charge is -2.13. The smallest absolute Gasteiger partial charge is 0.121 e. The highest BCUT2D eigenvalue weighted by Gasteiger charge is 2.05. The van der Waals surface area contributed by atoms with Gasteiger partial charge < -0.3 is 15.2 Å². The van der Waals surface area contributed by atoms with Crippen LogP contribution in [-0.2, 0) is 17.7 Å². The summed E-state index contributed by atoms with van der Waals surface area (Å²) in [7, 11) is 1.72. The summed E-state index contributed by atoms with van der Waals surface area (Å²) in [5, 5.41) is 13.3. The van der Waals surface area contributed by atoms with E-state index < -0.39 is 0 Å². The van der Waals surface area contributed by atoms with Gasteiger partial charge in [-0.15, -0.1) is 0 Å². The Balaban J connectivity index is 2.09. The van der Waals surface area contributed by atoms with Crippen LogP contribution in [0.3, 0.4) is 0 Å². The van der Waals surface area contributed by atoms with E-state index in [9.17, 15) is 5.11 Å². The number of phenols is 1. The van der Waals surface area contributed by atoms with E-state index in [0.717, 1.165) is 36.4 Å². The molecule has 21 heavy (non-hydrogen) atoms. The van der Waals surface area contributed by atoms with Crippen molar-refractivity contribution in [1.82, 2.24) is 0 Å². The molecule has 0 saturated carbocycles. The van der Waals surface area contributed by atoms with Crippen molar-refractivity contribution in [3.8, 4) is 5.75 Å². The van der Waals surface area contributed by atoms with Crippen molar-refractivity contribution in [3.63, 3.8) is 0 Å². The minimum atomic E-state index is 0.388. The molecule has 0 radical (unpaired) electrons. The summed E-state index contributed by atoms with van der Waals surface area (Å²) in [6.07, 6.45) is 0.896.